The monoisotopic (exact) mass is 1550 g/mol. The van der Waals surface area contributed by atoms with Crippen LogP contribution in [-0.2, 0) is 0 Å². The van der Waals surface area contributed by atoms with Crippen molar-refractivity contribution in [1.82, 2.24) is 0 Å². The summed E-state index contributed by atoms with van der Waals surface area (Å²) in [6, 6.07) is 158. The molecule has 23 rings (SSSR count). The van der Waals surface area contributed by atoms with E-state index in [9.17, 15) is 0 Å². The molecule has 0 fully saturated rings. The second-order valence-corrected chi connectivity index (χ2v) is 30.8. The maximum Gasteiger partial charge on any atom is 0.143 e. The zero-order valence-corrected chi connectivity index (χ0v) is 65.8. The first-order chi connectivity index (χ1) is 60.0. The highest BCUT2D eigenvalue weighted by Crippen LogP contribution is 2.51. The van der Waals surface area contributed by atoms with Crippen LogP contribution in [0.2, 0.25) is 0 Å². The minimum atomic E-state index is 0.832. The second-order valence-electron chi connectivity index (χ2n) is 30.8. The third-order valence-corrected chi connectivity index (χ3v) is 23.4. The molecular formula is C116H74O5. The molecule has 23 aromatic rings. The van der Waals surface area contributed by atoms with Gasteiger partial charge >= 0.3 is 0 Å². The predicted octanol–water partition coefficient (Wildman–Crippen LogP) is 33.3. The predicted molar refractivity (Wildman–Crippen MR) is 501 cm³/mol. The van der Waals surface area contributed by atoms with Crippen LogP contribution in [0.25, 0.3) is 234 Å². The van der Waals surface area contributed by atoms with E-state index in [4.69, 9.17) is 22.1 Å². The van der Waals surface area contributed by atoms with E-state index in [1.807, 2.05) is 30.3 Å². The number of benzene rings is 18. The zero-order valence-electron chi connectivity index (χ0n) is 65.8. The lowest BCUT2D eigenvalue weighted by Crippen LogP contribution is -1.87. The van der Waals surface area contributed by atoms with Crippen LogP contribution in [0.4, 0.5) is 0 Å². The van der Waals surface area contributed by atoms with Crippen molar-refractivity contribution in [3.63, 3.8) is 0 Å². The Balaban J connectivity index is 0.000000151. The third-order valence-electron chi connectivity index (χ3n) is 23.4. The summed E-state index contributed by atoms with van der Waals surface area (Å²) >= 11 is 0. The molecule has 0 saturated carbocycles. The van der Waals surface area contributed by atoms with Gasteiger partial charge in [0.15, 0.2) is 0 Å². The van der Waals surface area contributed by atoms with Crippen molar-refractivity contribution in [3.05, 3.63) is 449 Å². The van der Waals surface area contributed by atoms with Gasteiger partial charge < -0.3 is 22.1 Å². The SMILES string of the molecule is c1ccc(-c2oc3cc(-c4cc(-c5ccc6oc(-c7ccccc7)c(-c7ccccc7)c6c5)cc(-c5ccc6oc(-c7ccccc7)c(-c7ccccc7)c6c5)c4)ccc3c2-c2ccccc2)cc1.c1ccc(-c2oc3ccc(-c4ccc(-c5ccc6oc(-c7ccccc7)c(-c7ccccc7)c6c5)c5ccccc45)cc3c2-c2ccccc2)cc1. The van der Waals surface area contributed by atoms with E-state index in [1.54, 1.807) is 0 Å². The average molecular weight is 1550 g/mol. The first-order valence-corrected chi connectivity index (χ1v) is 41.1. The highest BCUT2D eigenvalue weighted by Gasteiger charge is 2.26. The molecule has 5 heterocycles. The first-order valence-electron chi connectivity index (χ1n) is 41.1. The molecule has 0 bridgehead atoms. The maximum atomic E-state index is 6.90. The van der Waals surface area contributed by atoms with E-state index in [1.165, 1.54) is 21.9 Å². The van der Waals surface area contributed by atoms with E-state index in [0.717, 1.165) is 212 Å². The Morgan fingerprint density at radius 2 is 0.314 bits per heavy atom. The molecule has 0 aliphatic heterocycles. The van der Waals surface area contributed by atoms with Crippen molar-refractivity contribution in [3.8, 4) is 168 Å². The summed E-state index contributed by atoms with van der Waals surface area (Å²) in [7, 11) is 0. The molecule has 0 radical (unpaired) electrons. The zero-order chi connectivity index (χ0) is 80.1. The number of fused-ring (bicyclic) bond motifs is 6. The van der Waals surface area contributed by atoms with Gasteiger partial charge in [-0.2, -0.15) is 0 Å². The Labute approximate surface area is 699 Å². The standard InChI is InChI=1S/C66H42O3.C50H32O2/c1-7-19-43(20-8-1)61-55-34-31-51(42-60(55)69-64(61)46-25-13-4-14-26-46)54-38-52(49-32-35-58-56(40-49)62(44-21-9-2-10-22-44)65(67-58)47-27-15-5-16-28-47)37-53(39-54)50-33-36-59-57(41-50)63(45-23-11-3-12-24-45)66(68-59)48-29-17-6-18-30-48;1-5-15-33(16-6-1)47-43-31-37(25-29-45(43)51-49(47)35-19-9-3-10-20-35)39-27-28-40(42-24-14-13-23-41(39)42)38-26-30-46-44(32-38)48(34-17-7-2-8-18-34)50(52-46)36-21-11-4-12-22-36/h1-42H;1-32H. The van der Waals surface area contributed by atoms with Crippen LogP contribution in [-0.4, -0.2) is 0 Å². The Hall–Kier alpha value is -16.1. The van der Waals surface area contributed by atoms with Crippen molar-refractivity contribution in [2.24, 2.45) is 0 Å². The van der Waals surface area contributed by atoms with Gasteiger partial charge in [0.05, 0.1) is 0 Å². The lowest BCUT2D eigenvalue weighted by molar-refractivity contribution is 0.632. The summed E-state index contributed by atoms with van der Waals surface area (Å²) in [5.41, 5.74) is 31.7. The van der Waals surface area contributed by atoms with E-state index < -0.39 is 0 Å². The number of hydrogen-bond donors (Lipinski definition) is 0. The van der Waals surface area contributed by atoms with Crippen LogP contribution in [0.5, 0.6) is 0 Å². The largest absolute Gasteiger partial charge is 0.455 e. The van der Waals surface area contributed by atoms with E-state index in [2.05, 4.69) is 419 Å². The van der Waals surface area contributed by atoms with E-state index in [0.29, 0.717) is 0 Å². The molecular weight excluding hydrogens is 1470 g/mol. The molecule has 5 aromatic heterocycles. The van der Waals surface area contributed by atoms with Crippen molar-refractivity contribution in [2.45, 2.75) is 0 Å². The van der Waals surface area contributed by atoms with Crippen LogP contribution >= 0.6 is 0 Å². The van der Waals surface area contributed by atoms with Crippen LogP contribution < -0.4 is 0 Å². The highest BCUT2D eigenvalue weighted by atomic mass is 16.4. The topological polar surface area (TPSA) is 65.7 Å². The number of furan rings is 5. The molecule has 0 unspecified atom stereocenters. The Bertz CT molecular complexity index is 7360. The van der Waals surface area contributed by atoms with Gasteiger partial charge in [-0.3, -0.25) is 0 Å². The molecule has 5 heteroatoms. The third kappa shape index (κ3) is 13.3. The average Bonchev–Trinajstić information content (AvgIpc) is 1.39. The van der Waals surface area contributed by atoms with Crippen molar-refractivity contribution in [2.75, 3.05) is 0 Å². The van der Waals surface area contributed by atoms with E-state index >= 15 is 0 Å². The van der Waals surface area contributed by atoms with Gasteiger partial charge in [-0.25, -0.2) is 0 Å². The fourth-order valence-electron chi connectivity index (χ4n) is 17.7. The number of hydrogen-bond acceptors (Lipinski definition) is 5. The first kappa shape index (κ1) is 71.5. The molecule has 121 heavy (non-hydrogen) atoms. The molecule has 0 aliphatic rings. The second kappa shape index (κ2) is 30.8. The van der Waals surface area contributed by atoms with Crippen LogP contribution in [0.15, 0.2) is 471 Å². The molecule has 0 spiro atoms. The van der Waals surface area contributed by atoms with Gasteiger partial charge in [-0.15, -0.1) is 0 Å². The summed E-state index contributed by atoms with van der Waals surface area (Å²) in [4.78, 5) is 0. The normalized spacial score (nSPS) is 11.5. The van der Waals surface area contributed by atoms with Crippen molar-refractivity contribution >= 4 is 65.6 Å². The number of rotatable bonds is 15. The molecule has 0 N–H and O–H groups in total. The Kier molecular flexibility index (Phi) is 18.2. The smallest absolute Gasteiger partial charge is 0.143 e. The van der Waals surface area contributed by atoms with E-state index in [-0.39, 0.29) is 0 Å². The molecule has 0 atom stereocenters. The van der Waals surface area contributed by atoms with Crippen LogP contribution in [0, 0.1) is 0 Å². The van der Waals surface area contributed by atoms with Crippen molar-refractivity contribution in [1.29, 1.82) is 0 Å². The minimum absolute atomic E-state index is 0.832. The lowest BCUT2D eigenvalue weighted by Gasteiger charge is -2.13. The van der Waals surface area contributed by atoms with Gasteiger partial charge in [0.2, 0.25) is 0 Å². The van der Waals surface area contributed by atoms with Gasteiger partial charge in [0, 0.05) is 82.6 Å². The molecule has 0 saturated heterocycles. The summed E-state index contributed by atoms with van der Waals surface area (Å²) in [6.07, 6.45) is 0. The molecule has 568 valence electrons. The maximum absolute atomic E-state index is 6.90. The molecule has 0 amide bonds. The summed E-state index contributed by atoms with van der Waals surface area (Å²) in [5.74, 6) is 4.35. The fourth-order valence-corrected chi connectivity index (χ4v) is 17.7. The quantitative estimate of drug-likeness (QED) is 0.102. The van der Waals surface area contributed by atoms with Crippen LogP contribution in [0.1, 0.15) is 0 Å². The van der Waals surface area contributed by atoms with Gasteiger partial charge in [-0.1, -0.05) is 370 Å². The van der Waals surface area contributed by atoms with Crippen LogP contribution in [0.3, 0.4) is 0 Å². The fraction of sp³-hybridized carbons (Fsp3) is 0. The van der Waals surface area contributed by atoms with Gasteiger partial charge in [0.1, 0.15) is 56.7 Å². The highest BCUT2D eigenvalue weighted by molar-refractivity contribution is 6.12. The Morgan fingerprint density at radius 3 is 0.587 bits per heavy atom. The summed E-state index contributed by atoms with van der Waals surface area (Å²) < 4.78 is 33.6. The minimum Gasteiger partial charge on any atom is -0.455 e. The molecule has 0 aliphatic carbocycles. The van der Waals surface area contributed by atoms with Gasteiger partial charge in [-0.05, 0) is 173 Å². The Morgan fingerprint density at radius 1 is 0.107 bits per heavy atom. The van der Waals surface area contributed by atoms with Crippen molar-refractivity contribution < 1.29 is 22.1 Å². The molecule has 5 nitrogen and oxygen atoms in total. The summed E-state index contributed by atoms with van der Waals surface area (Å²) in [5, 5.41) is 7.79. The lowest BCUT2D eigenvalue weighted by atomic mass is 9.90. The molecule has 18 aromatic carbocycles. The van der Waals surface area contributed by atoms with Gasteiger partial charge in [0.25, 0.3) is 0 Å². The summed E-state index contributed by atoms with van der Waals surface area (Å²) in [6.45, 7) is 0.